The van der Waals surface area contributed by atoms with E-state index >= 15 is 0 Å². The number of aromatic nitrogens is 2. The van der Waals surface area contributed by atoms with Crippen LogP contribution in [0.2, 0.25) is 0 Å². The van der Waals surface area contributed by atoms with E-state index < -0.39 is 6.04 Å². The maximum atomic E-state index is 13.3. The minimum Gasteiger partial charge on any atom is -0.376 e. The quantitative estimate of drug-likeness (QED) is 0.663. The third-order valence-corrected chi connectivity index (χ3v) is 5.26. The van der Waals surface area contributed by atoms with Gasteiger partial charge in [-0.25, -0.2) is 4.98 Å². The largest absolute Gasteiger partial charge is 0.376 e. The first-order valence-corrected chi connectivity index (χ1v) is 10.7. The van der Waals surface area contributed by atoms with Gasteiger partial charge in [0.15, 0.2) is 0 Å². The Hall–Kier alpha value is -2.67. The van der Waals surface area contributed by atoms with Gasteiger partial charge in [0.2, 0.25) is 11.8 Å². The lowest BCUT2D eigenvalue weighted by Gasteiger charge is -2.33. The maximum Gasteiger partial charge on any atom is 0.247 e. The summed E-state index contributed by atoms with van der Waals surface area (Å²) < 4.78 is 5.64. The summed E-state index contributed by atoms with van der Waals surface area (Å²) >= 11 is 0. The lowest BCUT2D eigenvalue weighted by atomic mass is 10.0. The van der Waals surface area contributed by atoms with Crippen molar-refractivity contribution in [3.8, 4) is 0 Å². The second kappa shape index (κ2) is 10.4. The maximum absolute atomic E-state index is 13.3. The predicted molar refractivity (Wildman–Crippen MR) is 115 cm³/mol. The number of nitrogens with zero attached hydrogens (tertiary/aromatic N) is 2. The fraction of sp³-hybridized carbons (Fsp3) is 0.522. The number of hydrogen-bond donors (Lipinski definition) is 2. The lowest BCUT2D eigenvalue weighted by molar-refractivity contribution is -0.141. The van der Waals surface area contributed by atoms with Gasteiger partial charge in [-0.1, -0.05) is 43.7 Å². The SMILES string of the molecule is Cc1ccc(C(C(=O)NCC2CCCO2)N(CC(C)C)C(=O)Cc2cnc[nH]2)cc1. The van der Waals surface area contributed by atoms with Gasteiger partial charge in [0, 0.05) is 31.6 Å². The number of carbonyl (C=O) groups is 2. The van der Waals surface area contributed by atoms with E-state index in [1.165, 1.54) is 0 Å². The zero-order chi connectivity index (χ0) is 21.5. The van der Waals surface area contributed by atoms with Crippen LogP contribution in [0.1, 0.15) is 49.6 Å². The minimum atomic E-state index is -0.690. The van der Waals surface area contributed by atoms with Crippen LogP contribution >= 0.6 is 0 Å². The Morgan fingerprint density at radius 1 is 1.30 bits per heavy atom. The molecular formula is C23H32N4O3. The standard InChI is InChI=1S/C23H32N4O3/c1-16(2)14-27(21(28)11-19-12-24-15-26-19)22(18-8-6-17(3)7-9-18)23(29)25-13-20-5-4-10-30-20/h6-9,12,15-16,20,22H,4-5,10-11,13-14H2,1-3H3,(H,24,26)(H,25,29). The first-order chi connectivity index (χ1) is 14.4. The van der Waals surface area contributed by atoms with E-state index in [2.05, 4.69) is 15.3 Å². The fourth-order valence-electron chi connectivity index (χ4n) is 3.73. The Morgan fingerprint density at radius 2 is 2.07 bits per heavy atom. The van der Waals surface area contributed by atoms with Gasteiger partial charge in [0.25, 0.3) is 0 Å². The number of carbonyl (C=O) groups excluding carboxylic acids is 2. The van der Waals surface area contributed by atoms with E-state index in [4.69, 9.17) is 4.74 Å². The fourth-order valence-corrected chi connectivity index (χ4v) is 3.73. The van der Waals surface area contributed by atoms with Crippen molar-refractivity contribution in [3.63, 3.8) is 0 Å². The number of nitrogens with one attached hydrogen (secondary N) is 2. The average Bonchev–Trinajstić information content (AvgIpc) is 3.41. The molecule has 1 aliphatic heterocycles. The van der Waals surface area contributed by atoms with Crippen molar-refractivity contribution in [1.82, 2.24) is 20.2 Å². The molecule has 0 saturated carbocycles. The minimum absolute atomic E-state index is 0.0480. The molecule has 1 fully saturated rings. The molecule has 2 aromatic rings. The first-order valence-electron chi connectivity index (χ1n) is 10.7. The summed E-state index contributed by atoms with van der Waals surface area (Å²) in [6, 6.07) is 7.13. The van der Waals surface area contributed by atoms with E-state index in [-0.39, 0.29) is 30.3 Å². The molecule has 2 amide bonds. The van der Waals surface area contributed by atoms with Crippen molar-refractivity contribution in [2.24, 2.45) is 5.92 Å². The van der Waals surface area contributed by atoms with Crippen molar-refractivity contribution in [2.45, 2.75) is 52.2 Å². The third kappa shape index (κ3) is 5.92. The van der Waals surface area contributed by atoms with Crippen LogP contribution in [0.15, 0.2) is 36.8 Å². The van der Waals surface area contributed by atoms with E-state index in [0.29, 0.717) is 13.1 Å². The van der Waals surface area contributed by atoms with Gasteiger partial charge in [-0.05, 0) is 31.2 Å². The van der Waals surface area contributed by atoms with Crippen LogP contribution in [-0.2, 0) is 20.7 Å². The van der Waals surface area contributed by atoms with Crippen LogP contribution in [0.4, 0.5) is 0 Å². The summed E-state index contributed by atoms with van der Waals surface area (Å²) in [6.07, 6.45) is 5.39. The monoisotopic (exact) mass is 412 g/mol. The second-order valence-electron chi connectivity index (χ2n) is 8.39. The molecule has 0 aliphatic carbocycles. The molecule has 0 radical (unpaired) electrons. The van der Waals surface area contributed by atoms with E-state index in [1.807, 2.05) is 45.0 Å². The average molecular weight is 413 g/mol. The van der Waals surface area contributed by atoms with Gasteiger partial charge >= 0.3 is 0 Å². The van der Waals surface area contributed by atoms with Gasteiger partial charge in [-0.2, -0.15) is 0 Å². The number of H-pyrrole nitrogens is 1. The molecule has 2 unspecified atom stereocenters. The summed E-state index contributed by atoms with van der Waals surface area (Å²) in [5.41, 5.74) is 2.65. The Morgan fingerprint density at radius 3 is 2.67 bits per heavy atom. The Kier molecular flexibility index (Phi) is 7.63. The Labute approximate surface area is 178 Å². The molecule has 1 aliphatic rings. The Bertz CT molecular complexity index is 811. The molecule has 2 atom stereocenters. The smallest absolute Gasteiger partial charge is 0.247 e. The number of ether oxygens (including phenoxy) is 1. The molecule has 1 aromatic heterocycles. The number of imidazole rings is 1. The summed E-state index contributed by atoms with van der Waals surface area (Å²) in [5, 5.41) is 3.03. The molecular weight excluding hydrogens is 380 g/mol. The molecule has 7 heteroatoms. The molecule has 3 rings (SSSR count). The highest BCUT2D eigenvalue weighted by molar-refractivity contribution is 5.89. The molecule has 2 N–H and O–H groups in total. The molecule has 1 saturated heterocycles. The van der Waals surface area contributed by atoms with E-state index in [1.54, 1.807) is 17.4 Å². The van der Waals surface area contributed by atoms with Crippen molar-refractivity contribution in [2.75, 3.05) is 19.7 Å². The third-order valence-electron chi connectivity index (χ3n) is 5.26. The van der Waals surface area contributed by atoms with Crippen molar-refractivity contribution >= 4 is 11.8 Å². The number of aromatic amines is 1. The predicted octanol–water partition coefficient (Wildman–Crippen LogP) is 2.78. The highest BCUT2D eigenvalue weighted by Crippen LogP contribution is 2.24. The van der Waals surface area contributed by atoms with Crippen molar-refractivity contribution < 1.29 is 14.3 Å². The number of hydrogen-bond acceptors (Lipinski definition) is 4. The zero-order valence-corrected chi connectivity index (χ0v) is 18.1. The normalized spacial score (nSPS) is 17.1. The number of amides is 2. The van der Waals surface area contributed by atoms with Crippen LogP contribution < -0.4 is 5.32 Å². The zero-order valence-electron chi connectivity index (χ0n) is 18.1. The number of rotatable bonds is 9. The first kappa shape index (κ1) is 22.0. The summed E-state index contributed by atoms with van der Waals surface area (Å²) in [6.45, 7) is 7.79. The van der Waals surface area contributed by atoms with Gasteiger partial charge in [0.05, 0.1) is 18.9 Å². The summed E-state index contributed by atoms with van der Waals surface area (Å²) in [7, 11) is 0. The molecule has 162 valence electrons. The highest BCUT2D eigenvalue weighted by atomic mass is 16.5. The Balaban J connectivity index is 1.85. The van der Waals surface area contributed by atoms with Gasteiger partial charge < -0.3 is 19.9 Å². The van der Waals surface area contributed by atoms with Crippen LogP contribution in [0.3, 0.4) is 0 Å². The number of benzene rings is 1. The molecule has 7 nitrogen and oxygen atoms in total. The second-order valence-corrected chi connectivity index (χ2v) is 8.39. The molecule has 2 heterocycles. The van der Waals surface area contributed by atoms with Crippen molar-refractivity contribution in [1.29, 1.82) is 0 Å². The summed E-state index contributed by atoms with van der Waals surface area (Å²) in [4.78, 5) is 35.3. The van der Waals surface area contributed by atoms with Crippen LogP contribution in [-0.4, -0.2) is 52.5 Å². The topological polar surface area (TPSA) is 87.3 Å². The van der Waals surface area contributed by atoms with Gasteiger partial charge in [0.1, 0.15) is 6.04 Å². The van der Waals surface area contributed by atoms with Crippen molar-refractivity contribution in [3.05, 3.63) is 53.6 Å². The van der Waals surface area contributed by atoms with Crippen LogP contribution in [0, 0.1) is 12.8 Å². The van der Waals surface area contributed by atoms with Crippen LogP contribution in [0.5, 0.6) is 0 Å². The highest BCUT2D eigenvalue weighted by Gasteiger charge is 2.32. The molecule has 30 heavy (non-hydrogen) atoms. The molecule has 0 spiro atoms. The van der Waals surface area contributed by atoms with Gasteiger partial charge in [-0.15, -0.1) is 0 Å². The summed E-state index contributed by atoms with van der Waals surface area (Å²) in [5.74, 6) is -0.0617. The number of aryl methyl sites for hydroxylation is 1. The van der Waals surface area contributed by atoms with Gasteiger partial charge in [-0.3, -0.25) is 9.59 Å². The lowest BCUT2D eigenvalue weighted by Crippen LogP contribution is -2.47. The van der Waals surface area contributed by atoms with E-state index in [9.17, 15) is 9.59 Å². The van der Waals surface area contributed by atoms with Crippen LogP contribution in [0.25, 0.3) is 0 Å². The molecule has 1 aromatic carbocycles. The van der Waals surface area contributed by atoms with E-state index in [0.717, 1.165) is 36.3 Å². The molecule has 0 bridgehead atoms.